The van der Waals surface area contributed by atoms with Crippen LogP contribution in [-0.4, -0.2) is 21.1 Å². The fourth-order valence-corrected chi connectivity index (χ4v) is 1.27. The second-order valence-corrected chi connectivity index (χ2v) is 3.29. The van der Waals surface area contributed by atoms with Crippen molar-refractivity contribution in [2.24, 2.45) is 0 Å². The van der Waals surface area contributed by atoms with E-state index in [1.807, 2.05) is 0 Å². The first-order valence-corrected chi connectivity index (χ1v) is 4.71. The first kappa shape index (κ1) is 10.2. The van der Waals surface area contributed by atoms with Gasteiger partial charge in [0.15, 0.2) is 0 Å². The maximum absolute atomic E-state index is 11.8. The molecule has 0 aliphatic carbocycles. The van der Waals surface area contributed by atoms with Crippen molar-refractivity contribution >= 4 is 17.5 Å². The predicted octanol–water partition coefficient (Wildman–Crippen LogP) is 0.948. The van der Waals surface area contributed by atoms with Gasteiger partial charge in [0.1, 0.15) is 5.82 Å². The van der Waals surface area contributed by atoms with Gasteiger partial charge < -0.3 is 5.73 Å². The van der Waals surface area contributed by atoms with Crippen LogP contribution in [-0.2, 0) is 0 Å². The van der Waals surface area contributed by atoms with E-state index in [9.17, 15) is 4.79 Å². The van der Waals surface area contributed by atoms with Crippen molar-refractivity contribution in [2.75, 3.05) is 11.1 Å². The van der Waals surface area contributed by atoms with Crippen LogP contribution in [0.25, 0.3) is 0 Å². The van der Waals surface area contributed by atoms with Crippen molar-refractivity contribution in [3.8, 4) is 0 Å². The molecule has 1 heterocycles. The minimum atomic E-state index is -0.322. The summed E-state index contributed by atoms with van der Waals surface area (Å²) in [7, 11) is 0. The molecule has 0 bridgehead atoms. The standard InChI is InChI=1S/C10H11N5O/c1-6-12-10(15-14-6)13-9(16)7-4-2-3-5-8(7)11/h2-5H,11H2,1H3,(H2,12,13,14,15,16). The van der Waals surface area contributed by atoms with E-state index in [0.29, 0.717) is 17.1 Å². The van der Waals surface area contributed by atoms with E-state index >= 15 is 0 Å². The lowest BCUT2D eigenvalue weighted by atomic mass is 10.2. The molecule has 0 aliphatic rings. The third-order valence-corrected chi connectivity index (χ3v) is 2.03. The molecular formula is C10H11N5O. The van der Waals surface area contributed by atoms with Gasteiger partial charge in [-0.25, -0.2) is 0 Å². The fraction of sp³-hybridized carbons (Fsp3) is 0.100. The molecule has 6 heteroatoms. The Labute approximate surface area is 91.9 Å². The van der Waals surface area contributed by atoms with Crippen molar-refractivity contribution in [2.45, 2.75) is 6.92 Å². The van der Waals surface area contributed by atoms with Crippen LogP contribution < -0.4 is 11.1 Å². The second kappa shape index (κ2) is 4.01. The normalized spacial score (nSPS) is 10.1. The molecular weight excluding hydrogens is 206 g/mol. The van der Waals surface area contributed by atoms with E-state index in [1.54, 1.807) is 31.2 Å². The second-order valence-electron chi connectivity index (χ2n) is 3.29. The molecule has 2 rings (SSSR count). The van der Waals surface area contributed by atoms with Crippen LogP contribution >= 0.6 is 0 Å². The highest BCUT2D eigenvalue weighted by Gasteiger charge is 2.10. The number of hydrogen-bond donors (Lipinski definition) is 3. The van der Waals surface area contributed by atoms with Crippen LogP contribution in [0.15, 0.2) is 24.3 Å². The molecule has 0 aliphatic heterocycles. The summed E-state index contributed by atoms with van der Waals surface area (Å²) in [6.07, 6.45) is 0. The summed E-state index contributed by atoms with van der Waals surface area (Å²) in [6.45, 7) is 1.75. The maximum atomic E-state index is 11.8. The molecule has 1 aromatic heterocycles. The summed E-state index contributed by atoms with van der Waals surface area (Å²) in [4.78, 5) is 15.7. The zero-order valence-corrected chi connectivity index (χ0v) is 8.69. The highest BCUT2D eigenvalue weighted by molar-refractivity contribution is 6.06. The molecule has 0 spiro atoms. The number of benzene rings is 1. The summed E-state index contributed by atoms with van der Waals surface area (Å²) < 4.78 is 0. The SMILES string of the molecule is Cc1nc(NC(=O)c2ccccc2N)n[nH]1. The number of nitrogens with zero attached hydrogens (tertiary/aromatic N) is 2. The van der Waals surface area contributed by atoms with E-state index in [1.165, 1.54) is 0 Å². The van der Waals surface area contributed by atoms with Gasteiger partial charge in [-0.2, -0.15) is 4.98 Å². The highest BCUT2D eigenvalue weighted by atomic mass is 16.1. The number of hydrogen-bond acceptors (Lipinski definition) is 4. The molecule has 1 amide bonds. The van der Waals surface area contributed by atoms with Gasteiger partial charge in [-0.3, -0.25) is 15.2 Å². The Balaban J connectivity index is 2.18. The Morgan fingerprint density at radius 1 is 1.44 bits per heavy atom. The van der Waals surface area contributed by atoms with Crippen molar-refractivity contribution in [1.29, 1.82) is 0 Å². The lowest BCUT2D eigenvalue weighted by Gasteiger charge is -2.03. The van der Waals surface area contributed by atoms with Crippen LogP contribution in [0.4, 0.5) is 11.6 Å². The molecule has 6 nitrogen and oxygen atoms in total. The quantitative estimate of drug-likeness (QED) is 0.652. The number of aryl methyl sites for hydroxylation is 1. The van der Waals surface area contributed by atoms with Crippen LogP contribution in [0.5, 0.6) is 0 Å². The number of rotatable bonds is 2. The van der Waals surface area contributed by atoms with Crippen molar-refractivity contribution in [3.63, 3.8) is 0 Å². The number of nitrogen functional groups attached to an aromatic ring is 1. The number of nitrogens with one attached hydrogen (secondary N) is 2. The molecule has 4 N–H and O–H groups in total. The van der Waals surface area contributed by atoms with Crippen molar-refractivity contribution < 1.29 is 4.79 Å². The molecule has 16 heavy (non-hydrogen) atoms. The van der Waals surface area contributed by atoms with E-state index in [2.05, 4.69) is 20.5 Å². The minimum Gasteiger partial charge on any atom is -0.398 e. The van der Waals surface area contributed by atoms with E-state index < -0.39 is 0 Å². The Hall–Kier alpha value is -2.37. The number of carbonyl (C=O) groups excluding carboxylic acids is 1. The number of amides is 1. The number of anilines is 2. The molecule has 0 unspecified atom stereocenters. The van der Waals surface area contributed by atoms with Gasteiger partial charge in [0, 0.05) is 5.69 Å². The number of aromatic nitrogens is 3. The van der Waals surface area contributed by atoms with Gasteiger partial charge in [0.25, 0.3) is 5.91 Å². The molecule has 0 saturated carbocycles. The topological polar surface area (TPSA) is 96.7 Å². The third-order valence-electron chi connectivity index (χ3n) is 2.03. The molecule has 0 fully saturated rings. The van der Waals surface area contributed by atoms with Crippen LogP contribution in [0.2, 0.25) is 0 Å². The van der Waals surface area contributed by atoms with Gasteiger partial charge in [0.05, 0.1) is 5.56 Å². The maximum Gasteiger partial charge on any atom is 0.260 e. The monoisotopic (exact) mass is 217 g/mol. The summed E-state index contributed by atoms with van der Waals surface area (Å²) in [6, 6.07) is 6.82. The Bertz CT molecular complexity index is 519. The number of para-hydroxylation sites is 1. The summed E-state index contributed by atoms with van der Waals surface area (Å²) in [5.41, 5.74) is 6.50. The number of H-pyrrole nitrogens is 1. The summed E-state index contributed by atoms with van der Waals surface area (Å²) >= 11 is 0. The smallest absolute Gasteiger partial charge is 0.260 e. The first-order valence-electron chi connectivity index (χ1n) is 4.71. The minimum absolute atomic E-state index is 0.241. The van der Waals surface area contributed by atoms with E-state index in [0.717, 1.165) is 0 Å². The molecule has 0 radical (unpaired) electrons. The van der Waals surface area contributed by atoms with Gasteiger partial charge in [0.2, 0.25) is 5.95 Å². The molecule has 0 atom stereocenters. The molecule has 82 valence electrons. The van der Waals surface area contributed by atoms with E-state index in [-0.39, 0.29) is 11.9 Å². The average molecular weight is 217 g/mol. The van der Waals surface area contributed by atoms with Crippen molar-refractivity contribution in [1.82, 2.24) is 15.2 Å². The van der Waals surface area contributed by atoms with E-state index in [4.69, 9.17) is 5.73 Å². The third kappa shape index (κ3) is 2.00. The van der Waals surface area contributed by atoms with Gasteiger partial charge in [-0.1, -0.05) is 12.1 Å². The fourth-order valence-electron chi connectivity index (χ4n) is 1.27. The lowest BCUT2D eigenvalue weighted by Crippen LogP contribution is -2.14. The largest absolute Gasteiger partial charge is 0.398 e. The number of nitrogens with two attached hydrogens (primary N) is 1. The number of carbonyl (C=O) groups is 1. The summed E-state index contributed by atoms with van der Waals surface area (Å²) in [5.74, 6) is 0.555. The Kier molecular flexibility index (Phi) is 2.55. The van der Waals surface area contributed by atoms with Crippen molar-refractivity contribution in [3.05, 3.63) is 35.7 Å². The zero-order valence-electron chi connectivity index (χ0n) is 8.69. The predicted molar refractivity (Wildman–Crippen MR) is 59.9 cm³/mol. The Morgan fingerprint density at radius 3 is 2.81 bits per heavy atom. The first-order chi connectivity index (χ1) is 7.66. The van der Waals surface area contributed by atoms with Gasteiger partial charge in [-0.15, -0.1) is 5.10 Å². The number of aromatic amines is 1. The highest BCUT2D eigenvalue weighted by Crippen LogP contribution is 2.11. The van der Waals surface area contributed by atoms with Crippen LogP contribution in [0.3, 0.4) is 0 Å². The van der Waals surface area contributed by atoms with Crippen LogP contribution in [0.1, 0.15) is 16.2 Å². The Morgan fingerprint density at radius 2 is 2.19 bits per heavy atom. The van der Waals surface area contributed by atoms with Crippen LogP contribution in [0, 0.1) is 6.92 Å². The summed E-state index contributed by atoms with van der Waals surface area (Å²) in [5, 5.41) is 8.98. The lowest BCUT2D eigenvalue weighted by molar-refractivity contribution is 0.102. The van der Waals surface area contributed by atoms with Gasteiger partial charge >= 0.3 is 0 Å². The molecule has 0 saturated heterocycles. The average Bonchev–Trinajstić information content (AvgIpc) is 2.64. The van der Waals surface area contributed by atoms with Gasteiger partial charge in [-0.05, 0) is 19.1 Å². The molecule has 2 aromatic rings. The zero-order chi connectivity index (χ0) is 11.5. The molecule has 1 aromatic carbocycles.